The number of carboxylic acid groups (broad SMARTS) is 1. The summed E-state index contributed by atoms with van der Waals surface area (Å²) in [7, 11) is 0. The van der Waals surface area contributed by atoms with Gasteiger partial charge < -0.3 is 15.2 Å². The summed E-state index contributed by atoms with van der Waals surface area (Å²) in [5.41, 5.74) is -0.475. The van der Waals surface area contributed by atoms with Gasteiger partial charge in [0.05, 0.1) is 5.41 Å². The molecule has 0 saturated heterocycles. The van der Waals surface area contributed by atoms with Gasteiger partial charge in [0.1, 0.15) is 5.15 Å². The Bertz CT molecular complexity index is 738. The van der Waals surface area contributed by atoms with E-state index in [9.17, 15) is 14.7 Å². The van der Waals surface area contributed by atoms with Crippen LogP contribution in [0.4, 0.5) is 5.69 Å². The number of nitrogens with zero attached hydrogens (tertiary/aromatic N) is 1. The predicted molar refractivity (Wildman–Crippen MR) is 83.4 cm³/mol. The molecule has 1 aromatic carbocycles. The van der Waals surface area contributed by atoms with Crippen LogP contribution in [0.25, 0.3) is 10.8 Å². The monoisotopic (exact) mass is 342 g/mol. The number of aromatic nitrogens is 1. The third-order valence-electron chi connectivity index (χ3n) is 3.84. The quantitative estimate of drug-likeness (QED) is 0.580. The second-order valence-electron chi connectivity index (χ2n) is 5.45. The van der Waals surface area contributed by atoms with Gasteiger partial charge in [-0.15, -0.1) is 0 Å². The van der Waals surface area contributed by atoms with E-state index in [-0.39, 0.29) is 41.9 Å². The van der Waals surface area contributed by atoms with Gasteiger partial charge in [-0.25, -0.2) is 4.98 Å². The molecule has 0 aliphatic carbocycles. The second kappa shape index (κ2) is 8.11. The molecule has 1 heterocycles. The topological polar surface area (TPSA) is 82.1 Å². The van der Waals surface area contributed by atoms with E-state index in [2.05, 4.69) is 10.3 Å². The van der Waals surface area contributed by atoms with Crippen LogP contribution in [-0.4, -0.2) is 16.9 Å². The Morgan fingerprint density at radius 3 is 2.65 bits per heavy atom. The number of rotatable bonds is 5. The van der Waals surface area contributed by atoms with Crippen molar-refractivity contribution in [3.05, 3.63) is 35.6 Å². The Balaban J connectivity index is 0.00000264. The molecule has 2 rings (SSSR count). The molecule has 0 bridgehead atoms. The first-order chi connectivity index (χ1) is 10.4. The first-order valence-electron chi connectivity index (χ1n) is 6.91. The van der Waals surface area contributed by atoms with Crippen molar-refractivity contribution in [1.82, 2.24) is 4.98 Å². The molecule has 0 aliphatic rings. The Morgan fingerprint density at radius 2 is 2.04 bits per heavy atom. The maximum absolute atomic E-state index is 12.4. The first kappa shape index (κ1) is 19.9. The summed E-state index contributed by atoms with van der Waals surface area (Å²) in [5, 5.41) is 15.6. The summed E-state index contributed by atoms with van der Waals surface area (Å²) in [6, 6.07) is 7.10. The van der Waals surface area contributed by atoms with Crippen LogP contribution < -0.4 is 40.0 Å². The Morgan fingerprint density at radius 1 is 1.35 bits per heavy atom. The maximum atomic E-state index is 12.4. The van der Waals surface area contributed by atoms with Crippen molar-refractivity contribution in [1.29, 1.82) is 0 Å². The molecule has 1 aromatic heterocycles. The van der Waals surface area contributed by atoms with Crippen LogP contribution >= 0.6 is 11.6 Å². The Labute approximate surface area is 161 Å². The number of fused-ring (bicyclic) bond motifs is 1. The predicted octanol–water partition coefficient (Wildman–Crippen LogP) is -0.613. The largest absolute Gasteiger partial charge is 1.00 e. The van der Waals surface area contributed by atoms with Crippen LogP contribution in [0.5, 0.6) is 0 Å². The van der Waals surface area contributed by atoms with Gasteiger partial charge in [0, 0.05) is 29.7 Å². The molecular weight excluding hydrogens is 327 g/mol. The van der Waals surface area contributed by atoms with Crippen LogP contribution in [0.1, 0.15) is 26.7 Å². The molecule has 23 heavy (non-hydrogen) atoms. The summed E-state index contributed by atoms with van der Waals surface area (Å²) < 4.78 is 0. The molecule has 0 fully saturated rings. The molecule has 1 N–H and O–H groups in total. The van der Waals surface area contributed by atoms with E-state index in [1.165, 1.54) is 0 Å². The number of aliphatic carboxylic acids is 1. The van der Waals surface area contributed by atoms with Gasteiger partial charge in [-0.2, -0.15) is 0 Å². The van der Waals surface area contributed by atoms with Gasteiger partial charge >= 0.3 is 29.6 Å². The van der Waals surface area contributed by atoms with Gasteiger partial charge in [0.15, 0.2) is 0 Å². The zero-order chi connectivity index (χ0) is 16.3. The molecule has 0 spiro atoms. The van der Waals surface area contributed by atoms with Gasteiger partial charge in [0.25, 0.3) is 0 Å². The smallest absolute Gasteiger partial charge is 0.550 e. The summed E-state index contributed by atoms with van der Waals surface area (Å²) in [5.74, 6) is -1.61. The van der Waals surface area contributed by atoms with Crippen molar-refractivity contribution < 1.29 is 44.3 Å². The number of pyridine rings is 1. The molecule has 116 valence electrons. The standard InChI is InChI=1S/C16H17ClN2O3.Na/c1-3-16(2,9-13(20)21)15(22)19-11-5-4-10-6-7-18-14(17)12(10)8-11;/h4-8H,3,9H2,1-2H3,(H,19,22)(H,20,21);/q;+1/p-1. The van der Waals surface area contributed by atoms with E-state index in [1.807, 2.05) is 12.1 Å². The van der Waals surface area contributed by atoms with Crippen molar-refractivity contribution in [2.45, 2.75) is 26.7 Å². The van der Waals surface area contributed by atoms with E-state index < -0.39 is 11.4 Å². The summed E-state index contributed by atoms with van der Waals surface area (Å²) in [6.45, 7) is 3.37. The van der Waals surface area contributed by atoms with Gasteiger partial charge in [-0.3, -0.25) is 4.79 Å². The summed E-state index contributed by atoms with van der Waals surface area (Å²) in [4.78, 5) is 27.2. The van der Waals surface area contributed by atoms with Crippen molar-refractivity contribution >= 4 is 39.9 Å². The number of carbonyl (C=O) groups is 2. The van der Waals surface area contributed by atoms with Crippen LogP contribution in [0.2, 0.25) is 5.15 Å². The van der Waals surface area contributed by atoms with Gasteiger partial charge in [-0.1, -0.05) is 31.5 Å². The second-order valence-corrected chi connectivity index (χ2v) is 5.81. The molecule has 1 unspecified atom stereocenters. The molecule has 1 atom stereocenters. The van der Waals surface area contributed by atoms with E-state index in [4.69, 9.17) is 11.6 Å². The van der Waals surface area contributed by atoms with E-state index >= 15 is 0 Å². The van der Waals surface area contributed by atoms with E-state index in [0.29, 0.717) is 17.3 Å². The first-order valence-corrected chi connectivity index (χ1v) is 7.29. The minimum Gasteiger partial charge on any atom is -0.550 e. The number of benzene rings is 1. The zero-order valence-electron chi connectivity index (χ0n) is 13.4. The Hall–Kier alpha value is -1.14. The number of carboxylic acids is 1. The fraction of sp³-hybridized carbons (Fsp3) is 0.312. The van der Waals surface area contributed by atoms with E-state index in [0.717, 1.165) is 10.8 Å². The fourth-order valence-electron chi connectivity index (χ4n) is 2.18. The summed E-state index contributed by atoms with van der Waals surface area (Å²) in [6.07, 6.45) is 1.67. The van der Waals surface area contributed by atoms with Crippen LogP contribution in [0, 0.1) is 5.41 Å². The number of hydrogen-bond donors (Lipinski definition) is 1. The maximum Gasteiger partial charge on any atom is 1.00 e. The third kappa shape index (κ3) is 4.67. The number of nitrogens with one attached hydrogen (secondary N) is 1. The molecule has 0 radical (unpaired) electrons. The van der Waals surface area contributed by atoms with Crippen molar-refractivity contribution in [3.8, 4) is 0 Å². The van der Waals surface area contributed by atoms with Crippen LogP contribution in [0.15, 0.2) is 30.5 Å². The number of carbonyl (C=O) groups excluding carboxylic acids is 2. The fourth-order valence-corrected chi connectivity index (χ4v) is 2.40. The van der Waals surface area contributed by atoms with Crippen molar-refractivity contribution in [3.63, 3.8) is 0 Å². The van der Waals surface area contributed by atoms with E-state index in [1.54, 1.807) is 32.2 Å². The zero-order valence-corrected chi connectivity index (χ0v) is 16.1. The molecule has 7 heteroatoms. The molecular formula is C16H16ClN2NaO3. The Kier molecular flexibility index (Phi) is 7.02. The van der Waals surface area contributed by atoms with Crippen LogP contribution in [0.3, 0.4) is 0 Å². The molecule has 1 amide bonds. The minimum atomic E-state index is -1.25. The number of halogens is 1. The third-order valence-corrected chi connectivity index (χ3v) is 4.14. The number of anilines is 1. The molecule has 0 saturated carbocycles. The number of amides is 1. The molecule has 5 nitrogen and oxygen atoms in total. The minimum absolute atomic E-state index is 0. The average molecular weight is 343 g/mol. The van der Waals surface area contributed by atoms with Crippen LogP contribution in [-0.2, 0) is 9.59 Å². The van der Waals surface area contributed by atoms with Crippen molar-refractivity contribution in [2.24, 2.45) is 5.41 Å². The van der Waals surface area contributed by atoms with Crippen molar-refractivity contribution in [2.75, 3.05) is 5.32 Å². The van der Waals surface area contributed by atoms with Gasteiger partial charge in [0.2, 0.25) is 5.91 Å². The number of hydrogen-bond acceptors (Lipinski definition) is 4. The summed E-state index contributed by atoms with van der Waals surface area (Å²) >= 11 is 6.04. The average Bonchev–Trinajstić information content (AvgIpc) is 2.47. The normalized spacial score (nSPS) is 13.0. The molecule has 2 aromatic rings. The van der Waals surface area contributed by atoms with Gasteiger partial charge in [-0.05, 0) is 30.0 Å². The SMILES string of the molecule is CCC(C)(CC(=O)[O-])C(=O)Nc1ccc2ccnc(Cl)c2c1.[Na+]. The molecule has 0 aliphatic heterocycles.